The first-order valence-corrected chi connectivity index (χ1v) is 7.70. The summed E-state index contributed by atoms with van der Waals surface area (Å²) in [4.78, 5) is 24.3. The van der Waals surface area contributed by atoms with Crippen molar-refractivity contribution < 1.29 is 14.0 Å². The van der Waals surface area contributed by atoms with E-state index in [1.54, 1.807) is 31.2 Å². The molecule has 3 aromatic rings. The molecule has 5 nitrogen and oxygen atoms in total. The third-order valence-corrected chi connectivity index (χ3v) is 4.18. The van der Waals surface area contributed by atoms with Crippen molar-refractivity contribution in [3.63, 3.8) is 0 Å². The highest BCUT2D eigenvalue weighted by atomic mass is 35.5. The van der Waals surface area contributed by atoms with E-state index in [9.17, 15) is 9.59 Å². The monoisotopic (exact) mass is 342 g/mol. The number of benzene rings is 2. The predicted octanol–water partition coefficient (Wildman–Crippen LogP) is 3.78. The van der Waals surface area contributed by atoms with Gasteiger partial charge in [0, 0.05) is 21.5 Å². The highest BCUT2D eigenvalue weighted by molar-refractivity contribution is 6.31. The summed E-state index contributed by atoms with van der Waals surface area (Å²) in [6.07, 6.45) is 0. The van der Waals surface area contributed by atoms with Gasteiger partial charge in [0.1, 0.15) is 5.58 Å². The van der Waals surface area contributed by atoms with E-state index in [2.05, 4.69) is 10.9 Å². The number of amides is 2. The molecule has 0 radical (unpaired) electrons. The molecular weight excluding hydrogens is 328 g/mol. The second-order valence-electron chi connectivity index (χ2n) is 5.42. The zero-order valence-electron chi connectivity index (χ0n) is 13.1. The summed E-state index contributed by atoms with van der Waals surface area (Å²) in [5, 5.41) is 1.35. The van der Waals surface area contributed by atoms with Crippen LogP contribution in [0.4, 0.5) is 0 Å². The molecule has 0 aliphatic rings. The molecule has 122 valence electrons. The van der Waals surface area contributed by atoms with E-state index in [4.69, 9.17) is 16.0 Å². The van der Waals surface area contributed by atoms with Crippen molar-refractivity contribution in [2.24, 2.45) is 0 Å². The van der Waals surface area contributed by atoms with Crippen LogP contribution >= 0.6 is 11.6 Å². The number of hydrazine groups is 1. The van der Waals surface area contributed by atoms with Crippen molar-refractivity contribution in [3.8, 4) is 0 Å². The van der Waals surface area contributed by atoms with Gasteiger partial charge in [-0.15, -0.1) is 0 Å². The molecular formula is C18H15ClN2O3. The maximum absolute atomic E-state index is 12.2. The van der Waals surface area contributed by atoms with Crippen molar-refractivity contribution in [3.05, 3.63) is 69.9 Å². The molecule has 0 saturated carbocycles. The van der Waals surface area contributed by atoms with Gasteiger partial charge in [0.25, 0.3) is 5.91 Å². The number of carbonyl (C=O) groups is 2. The summed E-state index contributed by atoms with van der Waals surface area (Å²) < 4.78 is 5.55. The third-order valence-electron chi connectivity index (χ3n) is 3.77. The maximum atomic E-state index is 12.2. The lowest BCUT2D eigenvalue weighted by Gasteiger charge is -2.07. The Morgan fingerprint density at radius 3 is 2.42 bits per heavy atom. The van der Waals surface area contributed by atoms with Crippen LogP contribution in [0.2, 0.25) is 5.02 Å². The van der Waals surface area contributed by atoms with Gasteiger partial charge < -0.3 is 4.42 Å². The van der Waals surface area contributed by atoms with Gasteiger partial charge in [-0.1, -0.05) is 35.9 Å². The second-order valence-corrected chi connectivity index (χ2v) is 5.83. The van der Waals surface area contributed by atoms with Crippen LogP contribution in [0.5, 0.6) is 0 Å². The lowest BCUT2D eigenvalue weighted by atomic mass is 10.1. The van der Waals surface area contributed by atoms with Crippen molar-refractivity contribution in [2.75, 3.05) is 0 Å². The Labute approximate surface area is 143 Å². The van der Waals surface area contributed by atoms with Gasteiger partial charge in [0.05, 0.1) is 0 Å². The van der Waals surface area contributed by atoms with Gasteiger partial charge in [-0.3, -0.25) is 20.4 Å². The predicted molar refractivity (Wildman–Crippen MR) is 92.1 cm³/mol. The molecule has 1 aromatic heterocycles. The largest absolute Gasteiger partial charge is 0.451 e. The molecule has 2 aromatic carbocycles. The lowest BCUT2D eigenvalue weighted by Crippen LogP contribution is -2.41. The van der Waals surface area contributed by atoms with E-state index in [-0.39, 0.29) is 5.76 Å². The number of carbonyl (C=O) groups excluding carboxylic acids is 2. The van der Waals surface area contributed by atoms with Crippen LogP contribution in [-0.4, -0.2) is 11.8 Å². The van der Waals surface area contributed by atoms with Gasteiger partial charge in [-0.25, -0.2) is 0 Å². The van der Waals surface area contributed by atoms with Gasteiger partial charge in [-0.2, -0.15) is 0 Å². The van der Waals surface area contributed by atoms with Gasteiger partial charge in [0.15, 0.2) is 5.76 Å². The Bertz CT molecular complexity index is 947. The second kappa shape index (κ2) is 6.37. The SMILES string of the molecule is Cc1ccc(C(=O)NNC(=O)c2oc3ccccc3c2C)cc1Cl. The molecule has 0 unspecified atom stereocenters. The Kier molecular flexibility index (Phi) is 4.27. The Morgan fingerprint density at radius 2 is 1.71 bits per heavy atom. The fraction of sp³-hybridized carbons (Fsp3) is 0.111. The fourth-order valence-electron chi connectivity index (χ4n) is 2.37. The molecule has 2 amide bonds. The molecule has 2 N–H and O–H groups in total. The summed E-state index contributed by atoms with van der Waals surface area (Å²) in [6, 6.07) is 12.3. The first-order valence-electron chi connectivity index (χ1n) is 7.32. The normalized spacial score (nSPS) is 10.6. The Balaban J connectivity index is 1.73. The van der Waals surface area contributed by atoms with Crippen molar-refractivity contribution >= 4 is 34.4 Å². The molecule has 0 aliphatic heterocycles. The average Bonchev–Trinajstić information content (AvgIpc) is 2.92. The minimum absolute atomic E-state index is 0.165. The fourth-order valence-corrected chi connectivity index (χ4v) is 2.55. The summed E-state index contributed by atoms with van der Waals surface area (Å²) in [6.45, 7) is 3.64. The van der Waals surface area contributed by atoms with E-state index in [0.717, 1.165) is 16.5 Å². The van der Waals surface area contributed by atoms with Crippen molar-refractivity contribution in [1.82, 2.24) is 10.9 Å². The highest BCUT2D eigenvalue weighted by Gasteiger charge is 2.18. The third kappa shape index (κ3) is 2.98. The van der Waals surface area contributed by atoms with Gasteiger partial charge in [-0.05, 0) is 37.6 Å². The molecule has 1 heterocycles. The number of nitrogens with one attached hydrogen (secondary N) is 2. The zero-order chi connectivity index (χ0) is 17.3. The Morgan fingerprint density at radius 1 is 1.00 bits per heavy atom. The summed E-state index contributed by atoms with van der Waals surface area (Å²) in [5.74, 6) is -0.812. The van der Waals surface area contributed by atoms with Crippen LogP contribution < -0.4 is 10.9 Å². The topological polar surface area (TPSA) is 71.3 Å². The Hall–Kier alpha value is -2.79. The highest BCUT2D eigenvalue weighted by Crippen LogP contribution is 2.24. The molecule has 0 aliphatic carbocycles. The number of furan rings is 1. The van der Waals surface area contributed by atoms with E-state index in [1.165, 1.54) is 0 Å². The van der Waals surface area contributed by atoms with Gasteiger partial charge >= 0.3 is 5.91 Å². The van der Waals surface area contributed by atoms with Crippen molar-refractivity contribution in [1.29, 1.82) is 0 Å². The molecule has 6 heteroatoms. The molecule has 3 rings (SSSR count). The standard InChI is InChI=1S/C18H15ClN2O3/c1-10-7-8-12(9-14(10)19)17(22)20-21-18(23)16-11(2)13-5-3-4-6-15(13)24-16/h3-9H,1-2H3,(H,20,22)(H,21,23). The number of aryl methyl sites for hydroxylation is 2. The molecule has 0 atom stereocenters. The molecule has 0 saturated heterocycles. The van der Waals surface area contributed by atoms with E-state index in [0.29, 0.717) is 16.2 Å². The van der Waals surface area contributed by atoms with Crippen LogP contribution in [0.1, 0.15) is 32.0 Å². The van der Waals surface area contributed by atoms with Gasteiger partial charge in [0.2, 0.25) is 0 Å². The number of hydrogen-bond donors (Lipinski definition) is 2. The summed E-state index contributed by atoms with van der Waals surface area (Å²) in [7, 11) is 0. The molecule has 0 spiro atoms. The number of rotatable bonds is 2. The smallest absolute Gasteiger partial charge is 0.305 e. The number of hydrogen-bond acceptors (Lipinski definition) is 3. The number of fused-ring (bicyclic) bond motifs is 1. The minimum atomic E-state index is -0.518. The van der Waals surface area contributed by atoms with Crippen molar-refractivity contribution in [2.45, 2.75) is 13.8 Å². The number of halogens is 1. The zero-order valence-corrected chi connectivity index (χ0v) is 13.9. The summed E-state index contributed by atoms with van der Waals surface area (Å²) in [5.41, 5.74) is 7.28. The van der Waals surface area contributed by atoms with Crippen LogP contribution in [0.25, 0.3) is 11.0 Å². The van der Waals surface area contributed by atoms with Crippen LogP contribution in [-0.2, 0) is 0 Å². The summed E-state index contributed by atoms with van der Waals surface area (Å²) >= 11 is 6.00. The van der Waals surface area contributed by atoms with E-state index >= 15 is 0 Å². The van der Waals surface area contributed by atoms with Crippen LogP contribution in [0.15, 0.2) is 46.9 Å². The lowest BCUT2D eigenvalue weighted by molar-refractivity contribution is 0.0831. The van der Waals surface area contributed by atoms with Crippen LogP contribution in [0, 0.1) is 13.8 Å². The van der Waals surface area contributed by atoms with E-state index in [1.807, 2.05) is 25.1 Å². The first kappa shape index (κ1) is 16.1. The quantitative estimate of drug-likeness (QED) is 0.696. The molecule has 24 heavy (non-hydrogen) atoms. The van der Waals surface area contributed by atoms with E-state index < -0.39 is 11.8 Å². The van der Waals surface area contributed by atoms with Crippen LogP contribution in [0.3, 0.4) is 0 Å². The molecule has 0 fully saturated rings. The average molecular weight is 343 g/mol. The number of para-hydroxylation sites is 1. The minimum Gasteiger partial charge on any atom is -0.451 e. The molecule has 0 bridgehead atoms. The maximum Gasteiger partial charge on any atom is 0.305 e. The first-order chi connectivity index (χ1) is 11.5.